The lowest BCUT2D eigenvalue weighted by Crippen LogP contribution is -2.22. The molecule has 8 nitrogen and oxygen atoms in total. The summed E-state index contributed by atoms with van der Waals surface area (Å²) in [7, 11) is 0. The number of carbonyl (C=O) groups excluding carboxylic acids is 1. The molecule has 1 amide bonds. The highest BCUT2D eigenvalue weighted by molar-refractivity contribution is 5.91. The minimum Gasteiger partial charge on any atom is -0.454 e. The molecule has 0 radical (unpaired) electrons. The zero-order valence-electron chi connectivity index (χ0n) is 15.8. The van der Waals surface area contributed by atoms with E-state index in [4.69, 9.17) is 4.42 Å². The molecule has 0 aliphatic carbocycles. The van der Waals surface area contributed by atoms with Crippen molar-refractivity contribution in [2.45, 2.75) is 20.0 Å². The summed E-state index contributed by atoms with van der Waals surface area (Å²) in [5, 5.41) is 2.84. The maximum absolute atomic E-state index is 12.4. The lowest BCUT2D eigenvalue weighted by atomic mass is 10.2. The van der Waals surface area contributed by atoms with Crippen molar-refractivity contribution in [2.75, 3.05) is 0 Å². The molecular formula is C21H19N5O3. The van der Waals surface area contributed by atoms with E-state index in [-0.39, 0.29) is 23.8 Å². The molecule has 4 aromatic rings. The molecular weight excluding hydrogens is 370 g/mol. The van der Waals surface area contributed by atoms with Gasteiger partial charge in [-0.05, 0) is 42.8 Å². The first-order valence-electron chi connectivity index (χ1n) is 9.08. The van der Waals surface area contributed by atoms with Crippen LogP contribution in [-0.4, -0.2) is 25.0 Å². The number of rotatable bonds is 6. The highest BCUT2D eigenvalue weighted by Gasteiger charge is 2.12. The maximum Gasteiger partial charge on any atom is 0.287 e. The Morgan fingerprint density at radius 1 is 1.10 bits per heavy atom. The standard InChI is InChI=1S/C21H19N5O3/c1-15-22-9-11-26(15)19-12-16(7-8-23-19)13-24-21(28)18-6-5-17(29-18)14-25-10-3-2-4-20(25)27/h2-12H,13-14H2,1H3,(H,24,28). The van der Waals surface area contributed by atoms with Gasteiger partial charge in [0.05, 0.1) is 6.54 Å². The number of hydrogen-bond acceptors (Lipinski definition) is 5. The number of aryl methyl sites for hydroxylation is 1. The van der Waals surface area contributed by atoms with Gasteiger partial charge >= 0.3 is 0 Å². The van der Waals surface area contributed by atoms with Crippen molar-refractivity contribution < 1.29 is 9.21 Å². The molecule has 146 valence electrons. The van der Waals surface area contributed by atoms with Gasteiger partial charge in [0.2, 0.25) is 0 Å². The van der Waals surface area contributed by atoms with E-state index < -0.39 is 0 Å². The van der Waals surface area contributed by atoms with E-state index >= 15 is 0 Å². The van der Waals surface area contributed by atoms with Gasteiger partial charge in [-0.25, -0.2) is 9.97 Å². The van der Waals surface area contributed by atoms with Crippen molar-refractivity contribution in [3.05, 3.63) is 101 Å². The summed E-state index contributed by atoms with van der Waals surface area (Å²) in [5.41, 5.74) is 0.774. The van der Waals surface area contributed by atoms with Crippen LogP contribution >= 0.6 is 0 Å². The van der Waals surface area contributed by atoms with Crippen molar-refractivity contribution in [1.29, 1.82) is 0 Å². The molecule has 0 fully saturated rings. The Hall–Kier alpha value is -3.94. The van der Waals surface area contributed by atoms with Gasteiger partial charge in [0, 0.05) is 37.4 Å². The summed E-state index contributed by atoms with van der Waals surface area (Å²) >= 11 is 0. The van der Waals surface area contributed by atoms with Crippen molar-refractivity contribution >= 4 is 5.91 Å². The minimum atomic E-state index is -0.325. The molecule has 0 unspecified atom stereocenters. The van der Waals surface area contributed by atoms with Crippen LogP contribution in [0.25, 0.3) is 5.82 Å². The van der Waals surface area contributed by atoms with E-state index in [9.17, 15) is 9.59 Å². The van der Waals surface area contributed by atoms with Crippen LogP contribution in [0.15, 0.2) is 76.5 Å². The normalized spacial score (nSPS) is 10.8. The molecule has 0 aromatic carbocycles. The Bertz CT molecular complexity index is 1200. The second kappa shape index (κ2) is 7.97. The van der Waals surface area contributed by atoms with Crippen LogP contribution in [0.5, 0.6) is 0 Å². The molecule has 4 rings (SSSR count). The first-order chi connectivity index (χ1) is 14.1. The second-order valence-corrected chi connectivity index (χ2v) is 6.48. The van der Waals surface area contributed by atoms with Gasteiger partial charge < -0.3 is 14.3 Å². The highest BCUT2D eigenvalue weighted by atomic mass is 16.4. The predicted molar refractivity (Wildman–Crippen MR) is 106 cm³/mol. The monoisotopic (exact) mass is 389 g/mol. The molecule has 0 saturated carbocycles. The predicted octanol–water partition coefficient (Wildman–Crippen LogP) is 2.31. The molecule has 8 heteroatoms. The van der Waals surface area contributed by atoms with Crippen molar-refractivity contribution in [2.24, 2.45) is 0 Å². The zero-order chi connectivity index (χ0) is 20.2. The van der Waals surface area contributed by atoms with Gasteiger partial charge in [0.25, 0.3) is 11.5 Å². The third kappa shape index (κ3) is 4.16. The number of amides is 1. The number of nitrogens with one attached hydrogen (secondary N) is 1. The van der Waals surface area contributed by atoms with E-state index in [2.05, 4.69) is 15.3 Å². The average Bonchev–Trinajstić information content (AvgIpc) is 3.37. The molecule has 0 atom stereocenters. The first kappa shape index (κ1) is 18.4. The van der Waals surface area contributed by atoms with Gasteiger partial charge in [-0.2, -0.15) is 0 Å². The van der Waals surface area contributed by atoms with Crippen molar-refractivity contribution in [3.63, 3.8) is 0 Å². The summed E-state index contributed by atoms with van der Waals surface area (Å²) in [4.78, 5) is 32.7. The molecule has 0 aliphatic heterocycles. The van der Waals surface area contributed by atoms with Gasteiger partial charge in [0.15, 0.2) is 5.76 Å². The van der Waals surface area contributed by atoms with E-state index in [1.807, 2.05) is 29.8 Å². The lowest BCUT2D eigenvalue weighted by molar-refractivity contribution is 0.0921. The van der Waals surface area contributed by atoms with E-state index in [0.717, 1.165) is 17.2 Å². The Balaban J connectivity index is 1.41. The Labute approximate surface area is 166 Å². The molecule has 0 aliphatic rings. The van der Waals surface area contributed by atoms with Crippen LogP contribution in [0.2, 0.25) is 0 Å². The maximum atomic E-state index is 12.4. The fourth-order valence-corrected chi connectivity index (χ4v) is 2.94. The Kier molecular flexibility index (Phi) is 5.07. The number of aromatic nitrogens is 4. The number of carbonyl (C=O) groups is 1. The number of furan rings is 1. The lowest BCUT2D eigenvalue weighted by Gasteiger charge is -2.07. The summed E-state index contributed by atoms with van der Waals surface area (Å²) in [5.74, 6) is 1.97. The van der Waals surface area contributed by atoms with Gasteiger partial charge in [-0.15, -0.1) is 0 Å². The van der Waals surface area contributed by atoms with Crippen LogP contribution in [-0.2, 0) is 13.1 Å². The number of pyridine rings is 2. The number of imidazole rings is 1. The summed E-state index contributed by atoms with van der Waals surface area (Å²) < 4.78 is 8.98. The fourth-order valence-electron chi connectivity index (χ4n) is 2.94. The molecule has 0 saturated heterocycles. The zero-order valence-corrected chi connectivity index (χ0v) is 15.8. The van der Waals surface area contributed by atoms with Crippen LogP contribution in [0.4, 0.5) is 0 Å². The molecule has 0 bridgehead atoms. The summed E-state index contributed by atoms with van der Waals surface area (Å²) in [6.07, 6.45) is 6.92. The molecule has 0 spiro atoms. The van der Waals surface area contributed by atoms with Crippen LogP contribution < -0.4 is 10.9 Å². The quantitative estimate of drug-likeness (QED) is 0.546. The Morgan fingerprint density at radius 3 is 2.79 bits per heavy atom. The van der Waals surface area contributed by atoms with Crippen LogP contribution in [0.1, 0.15) is 27.7 Å². The smallest absolute Gasteiger partial charge is 0.287 e. The number of nitrogens with zero attached hydrogens (tertiary/aromatic N) is 4. The van der Waals surface area contributed by atoms with Crippen LogP contribution in [0, 0.1) is 6.92 Å². The highest BCUT2D eigenvalue weighted by Crippen LogP contribution is 2.11. The summed E-state index contributed by atoms with van der Waals surface area (Å²) in [6.45, 7) is 2.50. The SMILES string of the molecule is Cc1nccn1-c1cc(CNC(=O)c2ccc(Cn3ccccc3=O)o2)ccn1. The molecule has 4 heterocycles. The van der Waals surface area contributed by atoms with Gasteiger partial charge in [0.1, 0.15) is 17.4 Å². The number of hydrogen-bond donors (Lipinski definition) is 1. The van der Waals surface area contributed by atoms with Crippen molar-refractivity contribution in [1.82, 2.24) is 24.4 Å². The van der Waals surface area contributed by atoms with Gasteiger partial charge in [-0.3, -0.25) is 14.2 Å². The fraction of sp³-hybridized carbons (Fsp3) is 0.143. The van der Waals surface area contributed by atoms with Gasteiger partial charge in [-0.1, -0.05) is 6.07 Å². The van der Waals surface area contributed by atoms with E-state index in [1.54, 1.807) is 42.9 Å². The molecule has 29 heavy (non-hydrogen) atoms. The first-order valence-corrected chi connectivity index (χ1v) is 9.08. The summed E-state index contributed by atoms with van der Waals surface area (Å²) in [6, 6.07) is 12.0. The van der Waals surface area contributed by atoms with E-state index in [1.165, 1.54) is 10.6 Å². The topological polar surface area (TPSA) is 95.0 Å². The third-order valence-electron chi connectivity index (χ3n) is 4.45. The van der Waals surface area contributed by atoms with E-state index in [0.29, 0.717) is 12.3 Å². The molecule has 1 N–H and O–H groups in total. The largest absolute Gasteiger partial charge is 0.454 e. The second-order valence-electron chi connectivity index (χ2n) is 6.48. The van der Waals surface area contributed by atoms with Crippen molar-refractivity contribution in [3.8, 4) is 5.82 Å². The van der Waals surface area contributed by atoms with Crippen LogP contribution in [0.3, 0.4) is 0 Å². The third-order valence-corrected chi connectivity index (χ3v) is 4.45. The molecule has 4 aromatic heterocycles. The minimum absolute atomic E-state index is 0.128. The Morgan fingerprint density at radius 2 is 2.00 bits per heavy atom. The average molecular weight is 389 g/mol.